The van der Waals surface area contributed by atoms with Crippen LogP contribution in [0.25, 0.3) is 0 Å². The first-order valence-corrected chi connectivity index (χ1v) is 4.29. The molecule has 0 aromatic carbocycles. The van der Waals surface area contributed by atoms with Crippen molar-refractivity contribution in [1.29, 1.82) is 0 Å². The van der Waals surface area contributed by atoms with E-state index in [1.807, 2.05) is 24.7 Å². The highest BCUT2D eigenvalue weighted by Crippen LogP contribution is 2.18. The fourth-order valence-corrected chi connectivity index (χ4v) is 1.21. The van der Waals surface area contributed by atoms with Crippen LogP contribution in [0.1, 0.15) is 32.2 Å². The molecule has 0 spiro atoms. The van der Waals surface area contributed by atoms with E-state index in [1.54, 1.807) is 6.20 Å². The van der Waals surface area contributed by atoms with Crippen molar-refractivity contribution in [3.05, 3.63) is 18.2 Å². The van der Waals surface area contributed by atoms with Gasteiger partial charge >= 0.3 is 5.97 Å². The molecule has 1 rings (SSSR count). The molecule has 0 fully saturated rings. The van der Waals surface area contributed by atoms with E-state index in [9.17, 15) is 4.79 Å². The minimum absolute atomic E-state index is 0.225. The average molecular weight is 182 g/mol. The monoisotopic (exact) mass is 182 g/mol. The van der Waals surface area contributed by atoms with E-state index in [-0.39, 0.29) is 12.1 Å². The molecule has 0 N–H and O–H groups in total. The lowest BCUT2D eigenvalue weighted by atomic mass is 10.2. The van der Waals surface area contributed by atoms with Crippen LogP contribution in [0.3, 0.4) is 0 Å². The summed E-state index contributed by atoms with van der Waals surface area (Å²) in [4.78, 5) is 14.9. The Morgan fingerprint density at radius 3 is 2.85 bits per heavy atom. The van der Waals surface area contributed by atoms with Crippen molar-refractivity contribution in [3.63, 3.8) is 0 Å². The summed E-state index contributed by atoms with van der Waals surface area (Å²) >= 11 is 0. The van der Waals surface area contributed by atoms with E-state index < -0.39 is 0 Å². The second-order valence-electron chi connectivity index (χ2n) is 2.90. The van der Waals surface area contributed by atoms with E-state index in [0.29, 0.717) is 0 Å². The zero-order chi connectivity index (χ0) is 9.84. The van der Waals surface area contributed by atoms with Crippen molar-refractivity contribution >= 4 is 5.97 Å². The summed E-state index contributed by atoms with van der Waals surface area (Å²) in [5, 5.41) is 0. The van der Waals surface area contributed by atoms with Gasteiger partial charge in [0.25, 0.3) is 0 Å². The van der Waals surface area contributed by atoms with Gasteiger partial charge in [0.1, 0.15) is 5.82 Å². The molecule has 4 nitrogen and oxygen atoms in total. The molecule has 1 atom stereocenters. The topological polar surface area (TPSA) is 44.1 Å². The molecular formula is C9H14N2O2. The number of ether oxygens (including phenoxy) is 1. The number of aryl methyl sites for hydroxylation is 1. The van der Waals surface area contributed by atoms with Gasteiger partial charge < -0.3 is 9.30 Å². The average Bonchev–Trinajstić information content (AvgIpc) is 2.47. The lowest BCUT2D eigenvalue weighted by Crippen LogP contribution is -2.12. The molecule has 1 aromatic rings. The Morgan fingerprint density at radius 1 is 1.77 bits per heavy atom. The highest BCUT2D eigenvalue weighted by atomic mass is 16.5. The molecule has 0 amide bonds. The Kier molecular flexibility index (Phi) is 3.06. The summed E-state index contributed by atoms with van der Waals surface area (Å²) in [5.74, 6) is 0.521. The van der Waals surface area contributed by atoms with Crippen molar-refractivity contribution < 1.29 is 9.53 Å². The standard InChI is InChI=1S/C9H14N2O2/c1-4-8(13-7(2)12)9-10-5-6-11(9)3/h5-6,8H,4H2,1-3H3. The van der Waals surface area contributed by atoms with Crippen LogP contribution < -0.4 is 0 Å². The van der Waals surface area contributed by atoms with Gasteiger partial charge in [0.15, 0.2) is 6.10 Å². The van der Waals surface area contributed by atoms with Crippen molar-refractivity contribution in [2.75, 3.05) is 0 Å². The van der Waals surface area contributed by atoms with Gasteiger partial charge in [0, 0.05) is 26.4 Å². The molecular weight excluding hydrogens is 168 g/mol. The van der Waals surface area contributed by atoms with Crippen molar-refractivity contribution in [3.8, 4) is 0 Å². The van der Waals surface area contributed by atoms with Crippen LogP contribution in [0.15, 0.2) is 12.4 Å². The third kappa shape index (κ3) is 2.31. The Bertz CT molecular complexity index is 294. The molecule has 0 aliphatic carbocycles. The molecule has 1 aromatic heterocycles. The first-order chi connectivity index (χ1) is 6.15. The first-order valence-electron chi connectivity index (χ1n) is 4.29. The molecule has 4 heteroatoms. The molecule has 0 aliphatic heterocycles. The Morgan fingerprint density at radius 2 is 2.46 bits per heavy atom. The summed E-state index contributed by atoms with van der Waals surface area (Å²) in [6.07, 6.45) is 4.05. The second kappa shape index (κ2) is 4.07. The van der Waals surface area contributed by atoms with Gasteiger partial charge in [-0.05, 0) is 6.42 Å². The van der Waals surface area contributed by atoms with Crippen LogP contribution in [0.5, 0.6) is 0 Å². The van der Waals surface area contributed by atoms with Crippen molar-refractivity contribution in [2.24, 2.45) is 7.05 Å². The third-order valence-electron chi connectivity index (χ3n) is 1.83. The van der Waals surface area contributed by atoms with Crippen LogP contribution in [0, 0.1) is 0 Å². The molecule has 72 valence electrons. The van der Waals surface area contributed by atoms with E-state index in [2.05, 4.69) is 4.98 Å². The normalized spacial score (nSPS) is 12.5. The summed E-state index contributed by atoms with van der Waals surface area (Å²) in [6, 6.07) is 0. The fraction of sp³-hybridized carbons (Fsp3) is 0.556. The van der Waals surface area contributed by atoms with Gasteiger partial charge in [-0.2, -0.15) is 0 Å². The number of aromatic nitrogens is 2. The van der Waals surface area contributed by atoms with Crippen LogP contribution >= 0.6 is 0 Å². The van der Waals surface area contributed by atoms with Gasteiger partial charge in [-0.25, -0.2) is 4.98 Å². The number of carbonyl (C=O) groups excluding carboxylic acids is 1. The highest BCUT2D eigenvalue weighted by molar-refractivity contribution is 5.66. The summed E-state index contributed by atoms with van der Waals surface area (Å²) in [7, 11) is 1.88. The number of hydrogen-bond acceptors (Lipinski definition) is 3. The van der Waals surface area contributed by atoms with E-state index in [4.69, 9.17) is 4.74 Å². The molecule has 1 unspecified atom stereocenters. The second-order valence-corrected chi connectivity index (χ2v) is 2.90. The highest BCUT2D eigenvalue weighted by Gasteiger charge is 2.16. The number of rotatable bonds is 3. The third-order valence-corrected chi connectivity index (χ3v) is 1.83. The van der Waals surface area contributed by atoms with E-state index in [1.165, 1.54) is 6.92 Å². The van der Waals surface area contributed by atoms with E-state index >= 15 is 0 Å². The van der Waals surface area contributed by atoms with Crippen molar-refractivity contribution in [2.45, 2.75) is 26.4 Å². The maximum atomic E-state index is 10.8. The summed E-state index contributed by atoms with van der Waals surface area (Å²) in [5.41, 5.74) is 0. The molecule has 0 saturated heterocycles. The minimum atomic E-state index is -0.269. The maximum absolute atomic E-state index is 10.8. The molecule has 0 radical (unpaired) electrons. The largest absolute Gasteiger partial charge is 0.454 e. The zero-order valence-electron chi connectivity index (χ0n) is 8.15. The van der Waals surface area contributed by atoms with Crippen LogP contribution in [0.4, 0.5) is 0 Å². The molecule has 0 saturated carbocycles. The van der Waals surface area contributed by atoms with Crippen molar-refractivity contribution in [1.82, 2.24) is 9.55 Å². The molecule has 1 heterocycles. The Balaban J connectivity index is 2.78. The molecule has 0 bridgehead atoms. The van der Waals surface area contributed by atoms with Crippen LogP contribution in [0.2, 0.25) is 0 Å². The fourth-order valence-electron chi connectivity index (χ4n) is 1.21. The predicted molar refractivity (Wildman–Crippen MR) is 48.0 cm³/mol. The smallest absolute Gasteiger partial charge is 0.303 e. The van der Waals surface area contributed by atoms with Gasteiger partial charge in [0.2, 0.25) is 0 Å². The maximum Gasteiger partial charge on any atom is 0.303 e. The SMILES string of the molecule is CCC(OC(C)=O)c1nccn1C. The Hall–Kier alpha value is -1.32. The molecule has 0 aliphatic rings. The van der Waals surface area contributed by atoms with Crippen LogP contribution in [-0.2, 0) is 16.6 Å². The number of carbonyl (C=O) groups is 1. The van der Waals surface area contributed by atoms with Crippen LogP contribution in [-0.4, -0.2) is 15.5 Å². The number of nitrogens with zero attached hydrogens (tertiary/aromatic N) is 2. The number of imidazole rings is 1. The predicted octanol–water partition coefficient (Wildman–Crippen LogP) is 1.43. The number of esters is 1. The van der Waals surface area contributed by atoms with E-state index in [0.717, 1.165) is 12.2 Å². The number of hydrogen-bond donors (Lipinski definition) is 0. The lowest BCUT2D eigenvalue weighted by Gasteiger charge is -2.14. The lowest BCUT2D eigenvalue weighted by molar-refractivity contribution is -0.147. The summed E-state index contributed by atoms with van der Waals surface area (Å²) in [6.45, 7) is 3.37. The first kappa shape index (κ1) is 9.77. The van der Waals surface area contributed by atoms with Gasteiger partial charge in [-0.1, -0.05) is 6.92 Å². The summed E-state index contributed by atoms with van der Waals surface area (Å²) < 4.78 is 6.96. The zero-order valence-corrected chi connectivity index (χ0v) is 8.15. The minimum Gasteiger partial charge on any atom is -0.454 e. The Labute approximate surface area is 77.5 Å². The van der Waals surface area contributed by atoms with Gasteiger partial charge in [-0.3, -0.25) is 4.79 Å². The van der Waals surface area contributed by atoms with Gasteiger partial charge in [0.05, 0.1) is 0 Å². The molecule has 13 heavy (non-hydrogen) atoms. The van der Waals surface area contributed by atoms with Gasteiger partial charge in [-0.15, -0.1) is 0 Å². The quantitative estimate of drug-likeness (QED) is 0.664.